The number of aliphatic hydroxyl groups excluding tert-OH is 1. The summed E-state index contributed by atoms with van der Waals surface area (Å²) >= 11 is 1.62. The van der Waals surface area contributed by atoms with Crippen molar-refractivity contribution in [1.29, 1.82) is 0 Å². The summed E-state index contributed by atoms with van der Waals surface area (Å²) in [4.78, 5) is 26.0. The van der Waals surface area contributed by atoms with Crippen LogP contribution in [-0.2, 0) is 9.53 Å². The summed E-state index contributed by atoms with van der Waals surface area (Å²) in [5, 5.41) is 14.5. The number of rotatable bonds is 13. The van der Waals surface area contributed by atoms with Crippen molar-refractivity contribution < 1.29 is 24.2 Å². The van der Waals surface area contributed by atoms with E-state index >= 15 is 0 Å². The van der Waals surface area contributed by atoms with Crippen molar-refractivity contribution in [3.05, 3.63) is 90.5 Å². The Balaban J connectivity index is 1.58. The Morgan fingerprint density at radius 2 is 1.76 bits per heavy atom. The molecule has 0 unspecified atom stereocenters. The van der Waals surface area contributed by atoms with Gasteiger partial charge in [0.05, 0.1) is 18.0 Å². The van der Waals surface area contributed by atoms with Gasteiger partial charge in [0.2, 0.25) is 5.91 Å². The molecule has 0 fully saturated rings. The van der Waals surface area contributed by atoms with Gasteiger partial charge in [-0.1, -0.05) is 30.3 Å². The zero-order valence-corrected chi connectivity index (χ0v) is 22.1. The molecule has 200 valence electrons. The minimum Gasteiger partial charge on any atom is -0.491 e. The van der Waals surface area contributed by atoms with Crippen molar-refractivity contribution in [2.75, 3.05) is 35.8 Å². The van der Waals surface area contributed by atoms with Gasteiger partial charge in [-0.3, -0.25) is 10.1 Å². The lowest BCUT2D eigenvalue weighted by Gasteiger charge is -2.19. The van der Waals surface area contributed by atoms with E-state index in [0.717, 1.165) is 10.5 Å². The highest BCUT2D eigenvalue weighted by Crippen LogP contribution is 2.27. The smallest absolute Gasteiger partial charge is 0.412 e. The molecule has 3 rings (SSSR count). The number of nitrogens with one attached hydrogen (secondary N) is 2. The molecule has 0 aliphatic heterocycles. The maximum Gasteiger partial charge on any atom is 0.412 e. The van der Waals surface area contributed by atoms with Gasteiger partial charge in [-0.05, 0) is 85.7 Å². The molecule has 0 spiro atoms. The standard InChI is InChI=1S/C29H33N3O5S/c1-38-24-17-13-22(14-18-24)31-29(35)37-27(21-11-15-23(16-12-21)36-20-19-33)9-3-2-4-10-28(34)32-26-8-6-5-7-25(26)30/h4-8,10-18,27,33H,2-3,9,19-20,30H2,1H3,(H,31,35)(H,32,34)/b10-4+/t27-/m0/s1. The number of nitrogen functional groups attached to an aromatic ring is 1. The molecule has 1 atom stereocenters. The molecule has 9 heteroatoms. The van der Waals surface area contributed by atoms with Crippen molar-refractivity contribution in [2.45, 2.75) is 30.3 Å². The zero-order chi connectivity index (χ0) is 27.2. The van der Waals surface area contributed by atoms with Crippen LogP contribution in [0.15, 0.2) is 89.8 Å². The van der Waals surface area contributed by atoms with Crippen LogP contribution in [0.5, 0.6) is 5.75 Å². The van der Waals surface area contributed by atoms with Crippen molar-refractivity contribution in [1.82, 2.24) is 0 Å². The number of unbranched alkanes of at least 4 members (excludes halogenated alkanes) is 1. The predicted molar refractivity (Wildman–Crippen MR) is 153 cm³/mol. The van der Waals surface area contributed by atoms with E-state index in [1.807, 2.05) is 42.7 Å². The second-order valence-electron chi connectivity index (χ2n) is 8.30. The molecule has 38 heavy (non-hydrogen) atoms. The van der Waals surface area contributed by atoms with Crippen molar-refractivity contribution >= 4 is 40.8 Å². The number of anilines is 3. The third-order valence-corrected chi connectivity index (χ3v) is 6.27. The lowest BCUT2D eigenvalue weighted by Crippen LogP contribution is -2.17. The number of nitrogens with two attached hydrogens (primary N) is 1. The van der Waals surface area contributed by atoms with E-state index in [0.29, 0.717) is 42.1 Å². The van der Waals surface area contributed by atoms with Crippen LogP contribution in [0.2, 0.25) is 0 Å². The number of hydrogen-bond donors (Lipinski definition) is 4. The molecule has 5 N–H and O–H groups in total. The molecule has 2 amide bonds. The van der Waals surface area contributed by atoms with Gasteiger partial charge in [0, 0.05) is 10.6 Å². The minimum atomic E-state index is -0.553. The fourth-order valence-corrected chi connectivity index (χ4v) is 3.99. The van der Waals surface area contributed by atoms with E-state index < -0.39 is 12.2 Å². The maximum absolute atomic E-state index is 12.7. The highest BCUT2D eigenvalue weighted by molar-refractivity contribution is 7.98. The Kier molecular flexibility index (Phi) is 11.5. The average Bonchev–Trinajstić information content (AvgIpc) is 2.93. The Bertz CT molecular complexity index is 1200. The van der Waals surface area contributed by atoms with Gasteiger partial charge in [-0.25, -0.2) is 4.79 Å². The summed E-state index contributed by atoms with van der Waals surface area (Å²) in [5.41, 5.74) is 8.39. The number of para-hydroxylation sites is 2. The fourth-order valence-electron chi connectivity index (χ4n) is 3.58. The van der Waals surface area contributed by atoms with Crippen LogP contribution in [0.1, 0.15) is 30.9 Å². The van der Waals surface area contributed by atoms with Gasteiger partial charge in [-0.2, -0.15) is 0 Å². The first-order valence-corrected chi connectivity index (χ1v) is 13.5. The van der Waals surface area contributed by atoms with Crippen LogP contribution >= 0.6 is 11.8 Å². The number of hydrogen-bond acceptors (Lipinski definition) is 7. The van der Waals surface area contributed by atoms with Crippen LogP contribution < -0.4 is 21.1 Å². The number of aliphatic hydroxyl groups is 1. The van der Waals surface area contributed by atoms with E-state index in [-0.39, 0.29) is 19.1 Å². The second-order valence-corrected chi connectivity index (χ2v) is 9.18. The summed E-state index contributed by atoms with van der Waals surface area (Å²) < 4.78 is 11.2. The molecular weight excluding hydrogens is 502 g/mol. The molecule has 3 aromatic carbocycles. The first-order valence-electron chi connectivity index (χ1n) is 12.3. The van der Waals surface area contributed by atoms with Crippen LogP contribution in [0.3, 0.4) is 0 Å². The Labute approximate surface area is 227 Å². The molecule has 0 aliphatic carbocycles. The van der Waals surface area contributed by atoms with Gasteiger partial charge in [-0.15, -0.1) is 11.8 Å². The number of amides is 2. The topological polar surface area (TPSA) is 123 Å². The molecule has 0 radical (unpaired) electrons. The number of carbonyl (C=O) groups excluding carboxylic acids is 2. The summed E-state index contributed by atoms with van der Waals surface area (Å²) in [6.45, 7) is 0.129. The quantitative estimate of drug-likeness (QED) is 0.0914. The molecule has 0 bridgehead atoms. The Hall–Kier alpha value is -3.95. The lowest BCUT2D eigenvalue weighted by atomic mass is 10.0. The van der Waals surface area contributed by atoms with Crippen molar-refractivity contribution in [2.24, 2.45) is 0 Å². The fraction of sp³-hybridized carbons (Fsp3) is 0.241. The molecule has 0 saturated carbocycles. The first-order chi connectivity index (χ1) is 18.5. The van der Waals surface area contributed by atoms with E-state index in [4.69, 9.17) is 20.3 Å². The summed E-state index contributed by atoms with van der Waals surface area (Å²) in [6.07, 6.45) is 6.04. The van der Waals surface area contributed by atoms with E-state index in [9.17, 15) is 9.59 Å². The molecule has 0 aliphatic rings. The summed E-state index contributed by atoms with van der Waals surface area (Å²) in [7, 11) is 0. The normalized spacial score (nSPS) is 11.6. The van der Waals surface area contributed by atoms with Gasteiger partial charge >= 0.3 is 6.09 Å². The molecular formula is C29H33N3O5S. The highest BCUT2D eigenvalue weighted by atomic mass is 32.2. The second kappa shape index (κ2) is 15.3. The predicted octanol–water partition coefficient (Wildman–Crippen LogP) is 6.02. The van der Waals surface area contributed by atoms with Crippen LogP contribution in [-0.4, -0.2) is 36.6 Å². The van der Waals surface area contributed by atoms with E-state index in [1.54, 1.807) is 54.2 Å². The van der Waals surface area contributed by atoms with Crippen LogP contribution in [0.25, 0.3) is 0 Å². The van der Waals surface area contributed by atoms with Gasteiger partial charge < -0.3 is 25.6 Å². The monoisotopic (exact) mass is 535 g/mol. The number of benzene rings is 3. The van der Waals surface area contributed by atoms with E-state index in [1.165, 1.54) is 6.08 Å². The number of allylic oxidation sites excluding steroid dienone is 1. The summed E-state index contributed by atoms with van der Waals surface area (Å²) in [6, 6.07) is 21.8. The number of carbonyl (C=O) groups is 2. The Morgan fingerprint density at radius 3 is 2.45 bits per heavy atom. The molecule has 0 saturated heterocycles. The molecule has 0 aromatic heterocycles. The van der Waals surface area contributed by atoms with Gasteiger partial charge in [0.1, 0.15) is 18.5 Å². The lowest BCUT2D eigenvalue weighted by molar-refractivity contribution is -0.111. The number of thioether (sulfide) groups is 1. The molecule has 0 heterocycles. The van der Waals surface area contributed by atoms with E-state index in [2.05, 4.69) is 10.6 Å². The van der Waals surface area contributed by atoms with Crippen LogP contribution in [0, 0.1) is 0 Å². The maximum atomic E-state index is 12.7. The van der Waals surface area contributed by atoms with Gasteiger partial charge in [0.15, 0.2) is 0 Å². The first kappa shape index (κ1) is 28.6. The van der Waals surface area contributed by atoms with Crippen LogP contribution in [0.4, 0.5) is 21.9 Å². The highest BCUT2D eigenvalue weighted by Gasteiger charge is 2.17. The minimum absolute atomic E-state index is 0.0736. The molecule has 3 aromatic rings. The zero-order valence-electron chi connectivity index (χ0n) is 21.3. The third kappa shape index (κ3) is 9.49. The van der Waals surface area contributed by atoms with Gasteiger partial charge in [0.25, 0.3) is 0 Å². The average molecular weight is 536 g/mol. The molecule has 8 nitrogen and oxygen atoms in total. The Morgan fingerprint density at radius 1 is 1.03 bits per heavy atom. The number of ether oxygens (including phenoxy) is 2. The SMILES string of the molecule is CSc1ccc(NC(=O)O[C@@H](CCC/C=C/C(=O)Nc2ccccc2N)c2ccc(OCCO)cc2)cc1. The third-order valence-electron chi connectivity index (χ3n) is 5.52. The summed E-state index contributed by atoms with van der Waals surface area (Å²) in [5.74, 6) is 0.355. The van der Waals surface area contributed by atoms with Crippen molar-refractivity contribution in [3.63, 3.8) is 0 Å². The largest absolute Gasteiger partial charge is 0.491 e. The van der Waals surface area contributed by atoms with Crippen molar-refractivity contribution in [3.8, 4) is 5.75 Å².